The molecule has 0 bridgehead atoms. The first kappa shape index (κ1) is 22.3. The number of nitrogens with two attached hydrogens (primary N) is 1. The average Bonchev–Trinajstić information content (AvgIpc) is 2.97. The van der Waals surface area contributed by atoms with Crippen LogP contribution in [0, 0.1) is 6.92 Å². The summed E-state index contributed by atoms with van der Waals surface area (Å²) in [5.41, 5.74) is 1.61. The van der Waals surface area contributed by atoms with Crippen LogP contribution >= 0.6 is 11.3 Å². The predicted octanol–water partition coefficient (Wildman–Crippen LogP) is 1.97. The molecule has 0 aliphatic rings. The molecular weight excluding hydrogens is 446 g/mol. The van der Waals surface area contributed by atoms with E-state index in [0.29, 0.717) is 21.6 Å². The van der Waals surface area contributed by atoms with Gasteiger partial charge in [-0.05, 0) is 43.7 Å². The van der Waals surface area contributed by atoms with Crippen molar-refractivity contribution < 1.29 is 21.6 Å². The third-order valence-corrected chi connectivity index (χ3v) is 7.91. The Morgan fingerprint density at radius 1 is 1.07 bits per heavy atom. The fourth-order valence-corrected chi connectivity index (χ4v) is 5.72. The maximum absolute atomic E-state index is 12.5. The van der Waals surface area contributed by atoms with Gasteiger partial charge in [0.25, 0.3) is 5.91 Å². The molecule has 30 heavy (non-hydrogen) atoms. The molecule has 160 valence electrons. The van der Waals surface area contributed by atoms with Gasteiger partial charge in [-0.2, -0.15) is 4.99 Å². The molecule has 3 rings (SSSR count). The molecule has 0 atom stereocenters. The molecule has 1 amide bonds. The minimum absolute atomic E-state index is 0.0419. The fraction of sp³-hybridized carbons (Fsp3) is 0.263. The van der Waals surface area contributed by atoms with Gasteiger partial charge in [0, 0.05) is 6.54 Å². The number of sulfonamides is 1. The van der Waals surface area contributed by atoms with Crippen LogP contribution in [0.3, 0.4) is 0 Å². The largest absolute Gasteiger partial charge is 0.316 e. The van der Waals surface area contributed by atoms with E-state index in [9.17, 15) is 21.6 Å². The van der Waals surface area contributed by atoms with Gasteiger partial charge in [-0.1, -0.05) is 36.0 Å². The number of carbonyl (C=O) groups excluding carboxylic acids is 1. The van der Waals surface area contributed by atoms with E-state index >= 15 is 0 Å². The monoisotopic (exact) mass is 467 g/mol. The number of amides is 1. The lowest BCUT2D eigenvalue weighted by Crippen LogP contribution is -2.21. The lowest BCUT2D eigenvalue weighted by atomic mass is 10.2. The summed E-state index contributed by atoms with van der Waals surface area (Å²) in [6.07, 6.45) is 0.742. The Balaban J connectivity index is 2.02. The second-order valence-corrected chi connectivity index (χ2v) is 11.3. The predicted molar refractivity (Wildman–Crippen MR) is 115 cm³/mol. The number of primary sulfonamides is 1. The van der Waals surface area contributed by atoms with Gasteiger partial charge in [-0.3, -0.25) is 4.79 Å². The Morgan fingerprint density at radius 2 is 1.70 bits per heavy atom. The Morgan fingerprint density at radius 3 is 2.30 bits per heavy atom. The number of aryl methyl sites for hydroxylation is 2. The number of nitrogens with zero attached hydrogens (tertiary/aromatic N) is 2. The maximum atomic E-state index is 12.5. The van der Waals surface area contributed by atoms with Crippen molar-refractivity contribution >= 4 is 47.3 Å². The number of carbonyl (C=O) groups is 1. The molecule has 0 aliphatic heterocycles. The number of benzene rings is 2. The topological polar surface area (TPSA) is 129 Å². The van der Waals surface area contributed by atoms with E-state index in [2.05, 4.69) is 4.99 Å². The smallest absolute Gasteiger partial charge is 0.263 e. The minimum atomic E-state index is -3.87. The van der Waals surface area contributed by atoms with E-state index in [1.807, 2.05) is 13.8 Å². The van der Waals surface area contributed by atoms with Gasteiger partial charge in [-0.15, -0.1) is 0 Å². The summed E-state index contributed by atoms with van der Waals surface area (Å²) in [7, 11) is -7.69. The van der Waals surface area contributed by atoms with Crippen molar-refractivity contribution in [3.63, 3.8) is 0 Å². The number of hydrogen-bond acceptors (Lipinski definition) is 6. The van der Waals surface area contributed by atoms with Crippen molar-refractivity contribution in [3.05, 3.63) is 52.8 Å². The number of aromatic nitrogens is 1. The summed E-state index contributed by atoms with van der Waals surface area (Å²) < 4.78 is 50.6. The number of thiazole rings is 1. The maximum Gasteiger partial charge on any atom is 0.263 e. The highest BCUT2D eigenvalue weighted by Crippen LogP contribution is 2.21. The molecule has 1 aromatic heterocycles. The van der Waals surface area contributed by atoms with Gasteiger partial charge in [-0.25, -0.2) is 22.0 Å². The summed E-state index contributed by atoms with van der Waals surface area (Å²) in [6.45, 7) is 4.32. The van der Waals surface area contributed by atoms with Gasteiger partial charge in [0.1, 0.15) is 5.75 Å². The highest BCUT2D eigenvalue weighted by molar-refractivity contribution is 7.92. The molecule has 0 saturated heterocycles. The average molecular weight is 468 g/mol. The fourth-order valence-electron chi connectivity index (χ4n) is 2.89. The summed E-state index contributed by atoms with van der Waals surface area (Å²) in [4.78, 5) is 16.8. The van der Waals surface area contributed by atoms with Crippen molar-refractivity contribution in [1.82, 2.24) is 4.57 Å². The molecule has 0 radical (unpaired) electrons. The number of rotatable bonds is 6. The molecule has 11 heteroatoms. The van der Waals surface area contributed by atoms with E-state index in [-0.39, 0.29) is 9.79 Å². The highest BCUT2D eigenvalue weighted by Gasteiger charge is 2.20. The standard InChI is InChI=1S/C19H21N3O5S3/c1-3-10-22-16-9-8-15(30(20,26)27)11-17(16)28-19(22)21-18(23)12-29(24,25)14-6-4-13(2)5-7-14/h4-9,11H,3,10,12H2,1-2H3,(H2,20,26,27). The molecule has 2 N–H and O–H groups in total. The third-order valence-electron chi connectivity index (χ3n) is 4.34. The normalized spacial score (nSPS) is 13.1. The van der Waals surface area contributed by atoms with Crippen molar-refractivity contribution in [2.45, 2.75) is 36.6 Å². The van der Waals surface area contributed by atoms with Crippen molar-refractivity contribution in [1.29, 1.82) is 0 Å². The minimum Gasteiger partial charge on any atom is -0.316 e. The van der Waals surface area contributed by atoms with E-state index in [1.54, 1.807) is 22.8 Å². The van der Waals surface area contributed by atoms with Crippen molar-refractivity contribution in [2.24, 2.45) is 10.1 Å². The Bertz CT molecular complexity index is 1380. The van der Waals surface area contributed by atoms with Gasteiger partial charge in [0.15, 0.2) is 14.6 Å². The lowest BCUT2D eigenvalue weighted by molar-refractivity contribution is -0.115. The molecule has 0 fully saturated rings. The van der Waals surface area contributed by atoms with Crippen LogP contribution < -0.4 is 9.94 Å². The number of fused-ring (bicyclic) bond motifs is 1. The molecule has 0 aliphatic carbocycles. The first-order valence-electron chi connectivity index (χ1n) is 9.04. The van der Waals surface area contributed by atoms with Crippen LogP contribution in [0.1, 0.15) is 18.9 Å². The lowest BCUT2D eigenvalue weighted by Gasteiger charge is -2.04. The molecule has 0 spiro atoms. The Kier molecular flexibility index (Phi) is 6.27. The molecule has 1 heterocycles. The van der Waals surface area contributed by atoms with E-state index in [1.165, 1.54) is 24.3 Å². The molecule has 0 saturated carbocycles. The molecule has 0 unspecified atom stereocenters. The van der Waals surface area contributed by atoms with Crippen LogP contribution in [-0.4, -0.2) is 33.1 Å². The highest BCUT2D eigenvalue weighted by atomic mass is 32.2. The second-order valence-electron chi connectivity index (χ2n) is 6.79. The van der Waals surface area contributed by atoms with Crippen molar-refractivity contribution in [2.75, 3.05) is 5.75 Å². The van der Waals surface area contributed by atoms with Gasteiger partial charge in [0.05, 0.1) is 20.0 Å². The molecule has 2 aromatic carbocycles. The van der Waals surface area contributed by atoms with E-state index < -0.39 is 31.5 Å². The SMILES string of the molecule is CCCn1c(=NC(=O)CS(=O)(=O)c2ccc(C)cc2)sc2cc(S(N)(=O)=O)ccc21. The Hall–Kier alpha value is -2.34. The van der Waals surface area contributed by atoms with Gasteiger partial charge >= 0.3 is 0 Å². The van der Waals surface area contributed by atoms with Crippen LogP contribution in [0.5, 0.6) is 0 Å². The van der Waals surface area contributed by atoms with Crippen LogP contribution in [0.15, 0.2) is 57.2 Å². The van der Waals surface area contributed by atoms with Crippen LogP contribution in [0.25, 0.3) is 10.2 Å². The summed E-state index contributed by atoms with van der Waals surface area (Å²) >= 11 is 1.11. The molecular formula is C19H21N3O5S3. The van der Waals surface area contributed by atoms with Gasteiger partial charge < -0.3 is 4.57 Å². The number of hydrogen-bond donors (Lipinski definition) is 1. The van der Waals surface area contributed by atoms with Crippen LogP contribution in [-0.2, 0) is 31.2 Å². The first-order chi connectivity index (χ1) is 14.0. The Labute approximate surface area is 178 Å². The second kappa shape index (κ2) is 8.42. The summed E-state index contributed by atoms with van der Waals surface area (Å²) in [5.74, 6) is -1.54. The molecule has 8 nitrogen and oxygen atoms in total. The number of sulfone groups is 1. The van der Waals surface area contributed by atoms with Crippen LogP contribution in [0.2, 0.25) is 0 Å². The van der Waals surface area contributed by atoms with Crippen LogP contribution in [0.4, 0.5) is 0 Å². The van der Waals surface area contributed by atoms with Crippen molar-refractivity contribution in [3.8, 4) is 0 Å². The zero-order valence-corrected chi connectivity index (χ0v) is 18.9. The zero-order valence-electron chi connectivity index (χ0n) is 16.4. The first-order valence-corrected chi connectivity index (χ1v) is 13.1. The molecule has 3 aromatic rings. The third kappa shape index (κ3) is 4.86. The summed E-state index contributed by atoms with van der Waals surface area (Å²) in [6, 6.07) is 10.7. The van der Waals surface area contributed by atoms with E-state index in [4.69, 9.17) is 5.14 Å². The summed E-state index contributed by atoms with van der Waals surface area (Å²) in [5, 5.41) is 5.19. The van der Waals surface area contributed by atoms with Gasteiger partial charge in [0.2, 0.25) is 10.0 Å². The zero-order chi connectivity index (χ0) is 22.1. The van der Waals surface area contributed by atoms with E-state index in [0.717, 1.165) is 23.3 Å². The quantitative estimate of drug-likeness (QED) is 0.593.